The summed E-state index contributed by atoms with van der Waals surface area (Å²) in [5.41, 5.74) is 4.29. The number of hydrogen-bond donors (Lipinski definition) is 0. The summed E-state index contributed by atoms with van der Waals surface area (Å²) in [4.78, 5) is 21.0. The summed E-state index contributed by atoms with van der Waals surface area (Å²) < 4.78 is 7.87. The van der Waals surface area contributed by atoms with Crippen LogP contribution in [0.2, 0.25) is 0 Å². The third-order valence-corrected chi connectivity index (χ3v) is 8.12. The van der Waals surface area contributed by atoms with Crippen LogP contribution in [0.5, 0.6) is 0 Å². The van der Waals surface area contributed by atoms with Crippen LogP contribution in [0.4, 0.5) is 0 Å². The van der Waals surface area contributed by atoms with Gasteiger partial charge in [0.05, 0.1) is 23.8 Å². The first kappa shape index (κ1) is 23.1. The molecule has 2 aromatic carbocycles. The number of thioether (sulfide) groups is 1. The Morgan fingerprint density at radius 2 is 2.03 bits per heavy atom. The summed E-state index contributed by atoms with van der Waals surface area (Å²) in [6, 6.07) is 18.3. The molecule has 174 valence electrons. The van der Waals surface area contributed by atoms with Gasteiger partial charge in [0.15, 0.2) is 5.16 Å². The maximum absolute atomic E-state index is 14.0. The first-order valence-electron chi connectivity index (χ1n) is 11.6. The zero-order valence-electron chi connectivity index (χ0n) is 19.7. The molecule has 4 nitrogen and oxygen atoms in total. The van der Waals surface area contributed by atoms with Gasteiger partial charge in [-0.05, 0) is 41.7 Å². The van der Waals surface area contributed by atoms with E-state index in [1.54, 1.807) is 27.7 Å². The molecule has 0 amide bonds. The minimum Gasteiger partial charge on any atom is -0.372 e. The van der Waals surface area contributed by atoms with Gasteiger partial charge in [-0.3, -0.25) is 9.36 Å². The minimum atomic E-state index is 0.0204. The molecule has 2 aromatic heterocycles. The van der Waals surface area contributed by atoms with Gasteiger partial charge in [0, 0.05) is 17.1 Å². The van der Waals surface area contributed by atoms with E-state index in [1.807, 2.05) is 43.3 Å². The van der Waals surface area contributed by atoms with Crippen molar-refractivity contribution in [3.63, 3.8) is 0 Å². The number of rotatable bonds is 6. The molecule has 1 unspecified atom stereocenters. The summed E-state index contributed by atoms with van der Waals surface area (Å²) >= 11 is 3.19. The van der Waals surface area contributed by atoms with Crippen LogP contribution in [-0.2, 0) is 17.8 Å². The fourth-order valence-corrected chi connectivity index (χ4v) is 6.28. The highest BCUT2D eigenvalue weighted by Crippen LogP contribution is 2.36. The Morgan fingerprint density at radius 3 is 2.79 bits per heavy atom. The summed E-state index contributed by atoms with van der Waals surface area (Å²) in [7, 11) is 0. The zero-order chi connectivity index (χ0) is 23.7. The highest BCUT2D eigenvalue weighted by Gasteiger charge is 2.28. The highest BCUT2D eigenvalue weighted by molar-refractivity contribution is 7.99. The summed E-state index contributed by atoms with van der Waals surface area (Å²) in [6.45, 7) is 6.95. The molecule has 0 saturated carbocycles. The predicted molar refractivity (Wildman–Crippen MR) is 143 cm³/mol. The van der Waals surface area contributed by atoms with Gasteiger partial charge >= 0.3 is 0 Å². The van der Waals surface area contributed by atoms with Crippen molar-refractivity contribution in [1.82, 2.24) is 9.55 Å². The first-order valence-corrected chi connectivity index (χ1v) is 13.4. The van der Waals surface area contributed by atoms with E-state index >= 15 is 0 Å². The number of aryl methyl sites for hydroxylation is 1. The number of nitrogens with zero attached hydrogens (tertiary/aromatic N) is 2. The molecule has 3 heterocycles. The Morgan fingerprint density at radius 1 is 1.21 bits per heavy atom. The van der Waals surface area contributed by atoms with Crippen LogP contribution in [0.3, 0.4) is 0 Å². The molecule has 1 aliphatic heterocycles. The Kier molecular flexibility index (Phi) is 6.73. The molecule has 0 aliphatic carbocycles. The Balaban J connectivity index is 1.57. The minimum absolute atomic E-state index is 0.0204. The fourth-order valence-electron chi connectivity index (χ4n) is 4.30. The van der Waals surface area contributed by atoms with Crippen molar-refractivity contribution in [1.29, 1.82) is 0 Å². The van der Waals surface area contributed by atoms with Crippen molar-refractivity contribution >= 4 is 39.4 Å². The normalized spacial score (nSPS) is 15.9. The second-order valence-corrected chi connectivity index (χ2v) is 11.1. The van der Waals surface area contributed by atoms with Crippen LogP contribution >= 0.6 is 23.1 Å². The van der Waals surface area contributed by atoms with Crippen molar-refractivity contribution in [2.24, 2.45) is 5.92 Å². The molecular formula is C28H28N2O2S2. The van der Waals surface area contributed by atoms with Crippen LogP contribution in [0.1, 0.15) is 35.4 Å². The van der Waals surface area contributed by atoms with Crippen molar-refractivity contribution in [3.8, 4) is 5.69 Å². The number of benzene rings is 2. The van der Waals surface area contributed by atoms with E-state index in [0.29, 0.717) is 12.5 Å². The van der Waals surface area contributed by atoms with Crippen molar-refractivity contribution in [2.45, 2.75) is 45.1 Å². The molecule has 6 heteroatoms. The number of thiophene rings is 1. The van der Waals surface area contributed by atoms with E-state index in [2.05, 4.69) is 44.2 Å². The summed E-state index contributed by atoms with van der Waals surface area (Å²) in [5.74, 6) is 1.13. The number of aromatic nitrogens is 2. The molecule has 34 heavy (non-hydrogen) atoms. The van der Waals surface area contributed by atoms with Crippen LogP contribution in [-0.4, -0.2) is 21.4 Å². The van der Waals surface area contributed by atoms with Gasteiger partial charge < -0.3 is 4.74 Å². The van der Waals surface area contributed by atoms with Gasteiger partial charge in [-0.25, -0.2) is 4.98 Å². The summed E-state index contributed by atoms with van der Waals surface area (Å²) in [5, 5.41) is 1.49. The van der Waals surface area contributed by atoms with Gasteiger partial charge in [-0.2, -0.15) is 0 Å². The molecule has 0 spiro atoms. The largest absolute Gasteiger partial charge is 0.372 e. The van der Waals surface area contributed by atoms with E-state index in [9.17, 15) is 4.79 Å². The predicted octanol–water partition coefficient (Wildman–Crippen LogP) is 6.66. The lowest BCUT2D eigenvalue weighted by Crippen LogP contribution is -2.28. The molecule has 0 fully saturated rings. The van der Waals surface area contributed by atoms with Gasteiger partial charge in [-0.1, -0.05) is 80.2 Å². The van der Waals surface area contributed by atoms with Crippen molar-refractivity contribution in [2.75, 3.05) is 5.75 Å². The molecule has 0 N–H and O–H groups in total. The van der Waals surface area contributed by atoms with E-state index in [-0.39, 0.29) is 11.7 Å². The zero-order valence-corrected chi connectivity index (χ0v) is 21.3. The Labute approximate surface area is 208 Å². The van der Waals surface area contributed by atoms with Crippen LogP contribution < -0.4 is 5.56 Å². The monoisotopic (exact) mass is 488 g/mol. The maximum Gasteiger partial charge on any atom is 0.267 e. The molecular weight excluding hydrogens is 460 g/mol. The standard InChI is InChI=1S/C28H28N2O2S2/c1-18(2)23-16-22-24(17-32-23)34-26-25(22)27(31)30(21-13-7-9-19(3)15-21)28(29-26)33-14-8-12-20-10-5-4-6-11-20/h4-13,15,18,23H,14,16-17H2,1-3H3. The van der Waals surface area contributed by atoms with Crippen LogP contribution in [0.25, 0.3) is 22.0 Å². The number of hydrogen-bond acceptors (Lipinski definition) is 5. The molecule has 0 saturated heterocycles. The van der Waals surface area contributed by atoms with Gasteiger partial charge in [0.1, 0.15) is 4.83 Å². The second-order valence-electron chi connectivity index (χ2n) is 8.98. The highest BCUT2D eigenvalue weighted by atomic mass is 32.2. The van der Waals surface area contributed by atoms with E-state index in [1.165, 1.54) is 0 Å². The van der Waals surface area contributed by atoms with Gasteiger partial charge in [0.25, 0.3) is 5.56 Å². The Hall–Kier alpha value is -2.67. The quantitative estimate of drug-likeness (QED) is 0.225. The van der Waals surface area contributed by atoms with Crippen LogP contribution in [0.15, 0.2) is 70.6 Å². The summed E-state index contributed by atoms with van der Waals surface area (Å²) in [6.07, 6.45) is 5.13. The number of fused-ring (bicyclic) bond motifs is 3. The SMILES string of the molecule is Cc1cccc(-n2c(SCC=Cc3ccccc3)nc3sc4c(c3c2=O)CC(C(C)C)OC4)c1. The first-order chi connectivity index (χ1) is 16.5. The molecule has 4 aromatic rings. The lowest BCUT2D eigenvalue weighted by molar-refractivity contribution is 0.00200. The van der Waals surface area contributed by atoms with E-state index in [4.69, 9.17) is 9.72 Å². The molecule has 1 aliphatic rings. The average molecular weight is 489 g/mol. The molecule has 0 radical (unpaired) electrons. The lowest BCUT2D eigenvalue weighted by Gasteiger charge is -2.26. The van der Waals surface area contributed by atoms with Gasteiger partial charge in [0.2, 0.25) is 0 Å². The smallest absolute Gasteiger partial charge is 0.267 e. The third-order valence-electron chi connectivity index (χ3n) is 6.13. The topological polar surface area (TPSA) is 44.1 Å². The Bertz CT molecular complexity index is 1400. The van der Waals surface area contributed by atoms with Gasteiger partial charge in [-0.15, -0.1) is 11.3 Å². The lowest BCUT2D eigenvalue weighted by atomic mass is 9.96. The maximum atomic E-state index is 14.0. The average Bonchev–Trinajstić information content (AvgIpc) is 3.20. The van der Waals surface area contributed by atoms with E-state index in [0.717, 1.165) is 54.8 Å². The van der Waals surface area contributed by atoms with Crippen molar-refractivity contribution < 1.29 is 4.74 Å². The van der Waals surface area contributed by atoms with Crippen molar-refractivity contribution in [3.05, 3.63) is 92.6 Å². The molecule has 5 rings (SSSR count). The third kappa shape index (κ3) is 4.63. The second kappa shape index (κ2) is 9.90. The number of ether oxygens (including phenoxy) is 1. The molecule has 1 atom stereocenters. The fraction of sp³-hybridized carbons (Fsp3) is 0.286. The van der Waals surface area contributed by atoms with E-state index < -0.39 is 0 Å². The van der Waals surface area contributed by atoms with Crippen LogP contribution in [0, 0.1) is 12.8 Å². The molecule has 0 bridgehead atoms.